The molecule has 7 nitrogen and oxygen atoms in total. The molecule has 2 aliphatic carbocycles. The van der Waals surface area contributed by atoms with E-state index >= 15 is 0 Å². The van der Waals surface area contributed by atoms with Crippen LogP contribution in [0, 0.1) is 0 Å². The molecular formula is C18H31IN6O. The lowest BCUT2D eigenvalue weighted by Gasteiger charge is -2.24. The van der Waals surface area contributed by atoms with Crippen LogP contribution in [0.5, 0.6) is 0 Å². The maximum absolute atomic E-state index is 11.8. The number of nitrogens with one attached hydrogen (secondary N) is 2. The molecule has 0 aromatic carbocycles. The number of guanidine groups is 1. The number of likely N-dealkylation sites (N-methyl/N-ethyl adjacent to an activating group) is 1. The molecule has 0 spiro atoms. The van der Waals surface area contributed by atoms with Crippen molar-refractivity contribution >= 4 is 35.8 Å². The number of aryl methyl sites for hydroxylation is 1. The minimum Gasteiger partial charge on any atom is -0.354 e. The fourth-order valence-corrected chi connectivity index (χ4v) is 2.94. The quantitative estimate of drug-likeness (QED) is 0.387. The van der Waals surface area contributed by atoms with E-state index in [9.17, 15) is 4.79 Å². The van der Waals surface area contributed by atoms with Crippen LogP contribution in [0.1, 0.15) is 50.4 Å². The monoisotopic (exact) mass is 474 g/mol. The van der Waals surface area contributed by atoms with E-state index in [0.717, 1.165) is 25.2 Å². The van der Waals surface area contributed by atoms with Crippen molar-refractivity contribution in [3.8, 4) is 0 Å². The van der Waals surface area contributed by atoms with Crippen LogP contribution in [-0.4, -0.2) is 59.3 Å². The highest BCUT2D eigenvalue weighted by atomic mass is 127. The Morgan fingerprint density at radius 2 is 2.00 bits per heavy atom. The number of carbonyl (C=O) groups excluding carboxylic acids is 1. The molecule has 2 N–H and O–H groups in total. The summed E-state index contributed by atoms with van der Waals surface area (Å²) in [5.74, 6) is 0.771. The molecule has 8 heteroatoms. The first-order valence-corrected chi connectivity index (χ1v) is 9.27. The molecular weight excluding hydrogens is 443 g/mol. The number of rotatable bonds is 5. The van der Waals surface area contributed by atoms with Gasteiger partial charge >= 0.3 is 0 Å². The Hall–Kier alpha value is -1.32. The number of halogens is 1. The summed E-state index contributed by atoms with van der Waals surface area (Å²) in [4.78, 5) is 17.9. The standard InChI is InChI=1S/C18H30N6O.HI/c1-12(2)24-11-13-5-6-15(9-16(13)22-24)21-18(20-14-7-8-14)19-10-17(25)23(3)4;/h11-12,14-15H,5-10H2,1-4H3,(H2,19,20,21);1H. The Kier molecular flexibility index (Phi) is 7.31. The smallest absolute Gasteiger partial charge is 0.243 e. The summed E-state index contributed by atoms with van der Waals surface area (Å²) < 4.78 is 2.06. The third-order valence-corrected chi connectivity index (χ3v) is 4.76. The maximum Gasteiger partial charge on any atom is 0.243 e. The first kappa shape index (κ1) is 21.0. The molecule has 146 valence electrons. The second kappa shape index (κ2) is 9.05. The van der Waals surface area contributed by atoms with E-state index in [1.54, 1.807) is 19.0 Å². The summed E-state index contributed by atoms with van der Waals surface area (Å²) in [7, 11) is 3.51. The first-order chi connectivity index (χ1) is 11.9. The van der Waals surface area contributed by atoms with Gasteiger partial charge in [0.05, 0.1) is 5.69 Å². The van der Waals surface area contributed by atoms with Crippen LogP contribution < -0.4 is 10.6 Å². The lowest BCUT2D eigenvalue weighted by Crippen LogP contribution is -2.46. The summed E-state index contributed by atoms with van der Waals surface area (Å²) in [5, 5.41) is 11.7. The zero-order valence-electron chi connectivity index (χ0n) is 16.2. The van der Waals surface area contributed by atoms with E-state index in [2.05, 4.69) is 40.4 Å². The lowest BCUT2D eigenvalue weighted by molar-refractivity contribution is -0.127. The molecule has 1 amide bonds. The largest absolute Gasteiger partial charge is 0.354 e. The molecule has 2 aliphatic rings. The van der Waals surface area contributed by atoms with Crippen LogP contribution in [0.2, 0.25) is 0 Å². The van der Waals surface area contributed by atoms with Crippen molar-refractivity contribution < 1.29 is 4.79 Å². The molecule has 0 saturated heterocycles. The third kappa shape index (κ3) is 5.59. The second-order valence-corrected chi connectivity index (χ2v) is 7.63. The number of amides is 1. The molecule has 1 heterocycles. The van der Waals surface area contributed by atoms with Gasteiger partial charge in [-0.1, -0.05) is 0 Å². The number of hydrogen-bond acceptors (Lipinski definition) is 3. The van der Waals surface area contributed by atoms with Crippen LogP contribution >= 0.6 is 24.0 Å². The van der Waals surface area contributed by atoms with Crippen LogP contribution in [0.3, 0.4) is 0 Å². The number of carbonyl (C=O) groups is 1. The van der Waals surface area contributed by atoms with Crippen molar-refractivity contribution in [1.82, 2.24) is 25.3 Å². The van der Waals surface area contributed by atoms with E-state index in [0.29, 0.717) is 18.1 Å². The fourth-order valence-electron chi connectivity index (χ4n) is 2.94. The molecule has 26 heavy (non-hydrogen) atoms. The predicted molar refractivity (Wildman–Crippen MR) is 114 cm³/mol. The van der Waals surface area contributed by atoms with Gasteiger partial charge in [0.25, 0.3) is 0 Å². The lowest BCUT2D eigenvalue weighted by atomic mass is 9.94. The Balaban J connectivity index is 0.00000243. The summed E-state index contributed by atoms with van der Waals surface area (Å²) in [6.45, 7) is 4.48. The van der Waals surface area contributed by atoms with Crippen molar-refractivity contribution in [2.24, 2.45) is 4.99 Å². The third-order valence-electron chi connectivity index (χ3n) is 4.76. The summed E-state index contributed by atoms with van der Waals surface area (Å²) in [5.41, 5.74) is 2.55. The molecule has 0 radical (unpaired) electrons. The highest BCUT2D eigenvalue weighted by Crippen LogP contribution is 2.22. The molecule has 1 aromatic rings. The first-order valence-electron chi connectivity index (χ1n) is 9.27. The second-order valence-electron chi connectivity index (χ2n) is 7.63. The summed E-state index contributed by atoms with van der Waals surface area (Å²) in [6, 6.07) is 1.20. The number of fused-ring (bicyclic) bond motifs is 1. The zero-order chi connectivity index (χ0) is 18.0. The zero-order valence-corrected chi connectivity index (χ0v) is 18.5. The van der Waals surface area contributed by atoms with Crippen LogP contribution in [0.4, 0.5) is 0 Å². The van der Waals surface area contributed by atoms with Crippen molar-refractivity contribution in [3.63, 3.8) is 0 Å². The predicted octanol–water partition coefficient (Wildman–Crippen LogP) is 1.73. The van der Waals surface area contributed by atoms with Gasteiger partial charge in [0, 0.05) is 44.8 Å². The molecule has 1 atom stereocenters. The number of nitrogens with zero attached hydrogens (tertiary/aromatic N) is 4. The van der Waals surface area contributed by atoms with Gasteiger partial charge in [-0.15, -0.1) is 24.0 Å². The molecule has 0 bridgehead atoms. The number of aliphatic imine (C=N–C) groups is 1. The van der Waals surface area contributed by atoms with Gasteiger partial charge in [0.1, 0.15) is 6.54 Å². The van der Waals surface area contributed by atoms with Gasteiger partial charge < -0.3 is 15.5 Å². The Morgan fingerprint density at radius 1 is 1.31 bits per heavy atom. The Bertz CT molecular complexity index is 650. The maximum atomic E-state index is 11.8. The number of hydrogen-bond donors (Lipinski definition) is 2. The molecule has 1 fully saturated rings. The SMILES string of the molecule is CC(C)n1cc2c(n1)CC(NC(=NCC(=O)N(C)C)NC1CC1)CC2.I. The van der Waals surface area contributed by atoms with Crippen molar-refractivity contribution in [3.05, 3.63) is 17.5 Å². The van der Waals surface area contributed by atoms with Crippen LogP contribution in [-0.2, 0) is 17.6 Å². The Labute approximate surface area is 173 Å². The van der Waals surface area contributed by atoms with Crippen LogP contribution in [0.25, 0.3) is 0 Å². The van der Waals surface area contributed by atoms with E-state index in [1.165, 1.54) is 24.1 Å². The van der Waals surface area contributed by atoms with Crippen molar-refractivity contribution in [2.45, 2.75) is 64.1 Å². The molecule has 1 saturated carbocycles. The van der Waals surface area contributed by atoms with Gasteiger partial charge in [0.2, 0.25) is 5.91 Å². The topological polar surface area (TPSA) is 74.5 Å². The molecule has 0 aliphatic heterocycles. The van der Waals surface area contributed by atoms with Gasteiger partial charge in [-0.25, -0.2) is 4.99 Å². The van der Waals surface area contributed by atoms with Gasteiger partial charge in [-0.3, -0.25) is 9.48 Å². The molecule has 1 unspecified atom stereocenters. The van der Waals surface area contributed by atoms with E-state index < -0.39 is 0 Å². The van der Waals surface area contributed by atoms with Gasteiger partial charge in [-0.05, 0) is 45.1 Å². The van der Waals surface area contributed by atoms with E-state index in [-0.39, 0.29) is 36.4 Å². The Morgan fingerprint density at radius 3 is 2.62 bits per heavy atom. The average Bonchev–Trinajstić information content (AvgIpc) is 3.27. The van der Waals surface area contributed by atoms with E-state index in [1.807, 2.05) is 0 Å². The minimum absolute atomic E-state index is 0. The average molecular weight is 474 g/mol. The van der Waals surface area contributed by atoms with E-state index in [4.69, 9.17) is 5.10 Å². The van der Waals surface area contributed by atoms with Gasteiger partial charge in [0.15, 0.2) is 5.96 Å². The van der Waals surface area contributed by atoms with Crippen molar-refractivity contribution in [2.75, 3.05) is 20.6 Å². The van der Waals surface area contributed by atoms with Crippen molar-refractivity contribution in [1.29, 1.82) is 0 Å². The fraction of sp³-hybridized carbons (Fsp3) is 0.722. The highest BCUT2D eigenvalue weighted by Gasteiger charge is 2.26. The summed E-state index contributed by atoms with van der Waals surface area (Å²) >= 11 is 0. The van der Waals surface area contributed by atoms with Crippen LogP contribution in [0.15, 0.2) is 11.2 Å². The highest BCUT2D eigenvalue weighted by molar-refractivity contribution is 14.0. The normalized spacial score (nSPS) is 19.6. The van der Waals surface area contributed by atoms with Gasteiger partial charge in [-0.2, -0.15) is 5.10 Å². The molecule has 1 aromatic heterocycles. The number of aromatic nitrogens is 2. The molecule has 3 rings (SSSR count). The summed E-state index contributed by atoms with van der Waals surface area (Å²) in [6.07, 6.45) is 7.54. The minimum atomic E-state index is 0.